The molecular formula is C18H21ClN2O2. The third kappa shape index (κ3) is 5.49. The number of aryl methyl sites for hydroxylation is 2. The molecule has 2 rings (SSSR count). The maximum Gasteiger partial charge on any atom is 0.319 e. The number of rotatable bonds is 6. The van der Waals surface area contributed by atoms with E-state index < -0.39 is 0 Å². The highest BCUT2D eigenvalue weighted by Crippen LogP contribution is 2.22. The number of amides is 2. The first-order chi connectivity index (χ1) is 11.1. The molecule has 122 valence electrons. The Bertz CT molecular complexity index is 636. The molecule has 0 atom stereocenters. The van der Waals surface area contributed by atoms with Crippen LogP contribution in [0.2, 0.25) is 5.02 Å². The van der Waals surface area contributed by atoms with Crippen molar-refractivity contribution in [3.63, 3.8) is 0 Å². The molecule has 0 aromatic heterocycles. The number of urea groups is 1. The summed E-state index contributed by atoms with van der Waals surface area (Å²) < 4.78 is 5.79. The van der Waals surface area contributed by atoms with E-state index in [2.05, 4.69) is 10.6 Å². The number of ether oxygens (including phenoxy) is 1. The lowest BCUT2D eigenvalue weighted by molar-refractivity contribution is 0.250. The number of hydrogen-bond acceptors (Lipinski definition) is 2. The zero-order chi connectivity index (χ0) is 16.7. The van der Waals surface area contributed by atoms with E-state index in [0.717, 1.165) is 23.3 Å². The van der Waals surface area contributed by atoms with Gasteiger partial charge in [-0.3, -0.25) is 0 Å². The van der Waals surface area contributed by atoms with Crippen LogP contribution < -0.4 is 15.4 Å². The van der Waals surface area contributed by atoms with Crippen molar-refractivity contribution in [2.45, 2.75) is 20.3 Å². The minimum atomic E-state index is -0.237. The van der Waals surface area contributed by atoms with Gasteiger partial charge in [-0.05, 0) is 55.7 Å². The Morgan fingerprint density at radius 1 is 1.09 bits per heavy atom. The smallest absolute Gasteiger partial charge is 0.319 e. The van der Waals surface area contributed by atoms with Gasteiger partial charge in [0.2, 0.25) is 0 Å². The number of halogens is 1. The van der Waals surface area contributed by atoms with Crippen molar-refractivity contribution in [2.75, 3.05) is 18.5 Å². The monoisotopic (exact) mass is 332 g/mol. The lowest BCUT2D eigenvalue weighted by Gasteiger charge is -2.12. The van der Waals surface area contributed by atoms with Gasteiger partial charge in [0.1, 0.15) is 5.75 Å². The van der Waals surface area contributed by atoms with E-state index in [1.54, 1.807) is 24.3 Å². The van der Waals surface area contributed by atoms with Crippen LogP contribution in [-0.2, 0) is 0 Å². The van der Waals surface area contributed by atoms with Crippen molar-refractivity contribution >= 4 is 23.3 Å². The molecule has 0 unspecified atom stereocenters. The normalized spacial score (nSPS) is 10.2. The van der Waals surface area contributed by atoms with Gasteiger partial charge < -0.3 is 15.4 Å². The molecule has 0 saturated carbocycles. The largest absolute Gasteiger partial charge is 0.493 e. The number of anilines is 1. The summed E-state index contributed by atoms with van der Waals surface area (Å²) in [5.74, 6) is 0.929. The molecule has 0 fully saturated rings. The Balaban J connectivity index is 1.67. The Morgan fingerprint density at radius 2 is 1.74 bits per heavy atom. The van der Waals surface area contributed by atoms with Crippen LogP contribution in [0.4, 0.5) is 10.5 Å². The maximum atomic E-state index is 11.7. The van der Waals surface area contributed by atoms with Gasteiger partial charge in [-0.1, -0.05) is 29.8 Å². The van der Waals surface area contributed by atoms with Gasteiger partial charge in [-0.25, -0.2) is 4.79 Å². The van der Waals surface area contributed by atoms with Crippen molar-refractivity contribution < 1.29 is 9.53 Å². The summed E-state index contributed by atoms with van der Waals surface area (Å²) in [7, 11) is 0. The summed E-state index contributed by atoms with van der Waals surface area (Å²) in [6, 6.07) is 12.8. The molecule has 4 nitrogen and oxygen atoms in total. The molecule has 0 radical (unpaired) electrons. The Kier molecular flexibility index (Phi) is 6.29. The van der Waals surface area contributed by atoms with Gasteiger partial charge in [0.05, 0.1) is 6.61 Å². The fourth-order valence-electron chi connectivity index (χ4n) is 2.18. The van der Waals surface area contributed by atoms with Crippen LogP contribution in [-0.4, -0.2) is 19.2 Å². The van der Waals surface area contributed by atoms with E-state index >= 15 is 0 Å². The van der Waals surface area contributed by atoms with Gasteiger partial charge >= 0.3 is 6.03 Å². The van der Waals surface area contributed by atoms with Crippen LogP contribution in [0.15, 0.2) is 42.5 Å². The summed E-state index contributed by atoms with van der Waals surface area (Å²) in [6.07, 6.45) is 0.738. The molecule has 0 aliphatic rings. The number of benzene rings is 2. The Morgan fingerprint density at radius 3 is 2.39 bits per heavy atom. The van der Waals surface area contributed by atoms with Crippen LogP contribution in [0.1, 0.15) is 17.5 Å². The molecule has 2 N–H and O–H groups in total. The van der Waals surface area contributed by atoms with Crippen molar-refractivity contribution in [3.05, 3.63) is 58.6 Å². The van der Waals surface area contributed by atoms with E-state index in [-0.39, 0.29) is 6.03 Å². The first-order valence-corrected chi connectivity index (χ1v) is 7.93. The number of hydrogen-bond donors (Lipinski definition) is 2. The predicted octanol–water partition coefficient (Wildman–Crippen LogP) is 4.55. The third-order valence-corrected chi connectivity index (χ3v) is 3.62. The number of para-hydroxylation sites is 1. The average Bonchev–Trinajstić information content (AvgIpc) is 2.52. The Labute approximate surface area is 141 Å². The van der Waals surface area contributed by atoms with Gasteiger partial charge in [0, 0.05) is 17.3 Å². The van der Waals surface area contributed by atoms with E-state index in [4.69, 9.17) is 16.3 Å². The summed E-state index contributed by atoms with van der Waals surface area (Å²) in [4.78, 5) is 11.7. The van der Waals surface area contributed by atoms with Gasteiger partial charge in [0.15, 0.2) is 0 Å². The van der Waals surface area contributed by atoms with E-state index in [0.29, 0.717) is 23.9 Å². The fourth-order valence-corrected chi connectivity index (χ4v) is 2.31. The van der Waals surface area contributed by atoms with Gasteiger partial charge in [-0.2, -0.15) is 0 Å². The molecule has 0 bridgehead atoms. The molecule has 0 heterocycles. The van der Waals surface area contributed by atoms with E-state index in [1.165, 1.54) is 0 Å². The average molecular weight is 333 g/mol. The van der Waals surface area contributed by atoms with E-state index in [1.807, 2.05) is 32.0 Å². The highest BCUT2D eigenvalue weighted by Gasteiger charge is 2.04. The summed E-state index contributed by atoms with van der Waals surface area (Å²) >= 11 is 5.80. The molecule has 0 aliphatic carbocycles. The highest BCUT2D eigenvalue weighted by molar-refractivity contribution is 6.30. The zero-order valence-electron chi connectivity index (χ0n) is 13.4. The van der Waals surface area contributed by atoms with Crippen molar-refractivity contribution in [1.82, 2.24) is 5.32 Å². The van der Waals surface area contributed by atoms with Crippen molar-refractivity contribution in [2.24, 2.45) is 0 Å². The van der Waals surface area contributed by atoms with Crippen molar-refractivity contribution in [1.29, 1.82) is 0 Å². The standard InChI is InChI=1S/C18H21ClN2O2/c1-13-5-3-6-14(2)17(13)23-12-4-11-20-18(22)21-16-9-7-15(19)8-10-16/h3,5-10H,4,11-12H2,1-2H3,(H2,20,21,22). The SMILES string of the molecule is Cc1cccc(C)c1OCCCNC(=O)Nc1ccc(Cl)cc1. The van der Waals surface area contributed by atoms with Gasteiger partial charge in [0.25, 0.3) is 0 Å². The van der Waals surface area contributed by atoms with Crippen LogP contribution in [0.5, 0.6) is 5.75 Å². The molecule has 2 amide bonds. The second kappa shape index (κ2) is 8.44. The lowest BCUT2D eigenvalue weighted by atomic mass is 10.1. The molecule has 2 aromatic carbocycles. The molecule has 23 heavy (non-hydrogen) atoms. The quantitative estimate of drug-likeness (QED) is 0.762. The van der Waals surface area contributed by atoms with Crippen LogP contribution in [0.3, 0.4) is 0 Å². The second-order valence-corrected chi connectivity index (χ2v) is 5.75. The molecule has 5 heteroatoms. The molecule has 2 aromatic rings. The molecular weight excluding hydrogens is 312 g/mol. The minimum Gasteiger partial charge on any atom is -0.493 e. The highest BCUT2D eigenvalue weighted by atomic mass is 35.5. The number of nitrogens with one attached hydrogen (secondary N) is 2. The fraction of sp³-hybridized carbons (Fsp3) is 0.278. The summed E-state index contributed by atoms with van der Waals surface area (Å²) in [5.41, 5.74) is 2.95. The second-order valence-electron chi connectivity index (χ2n) is 5.31. The lowest BCUT2D eigenvalue weighted by Crippen LogP contribution is -2.30. The zero-order valence-corrected chi connectivity index (χ0v) is 14.1. The third-order valence-electron chi connectivity index (χ3n) is 3.36. The van der Waals surface area contributed by atoms with Crippen LogP contribution in [0.25, 0.3) is 0 Å². The Hall–Kier alpha value is -2.20. The number of carbonyl (C=O) groups excluding carboxylic acids is 1. The molecule has 0 spiro atoms. The summed E-state index contributed by atoms with van der Waals surface area (Å²) in [6.45, 7) is 5.16. The number of carbonyl (C=O) groups is 1. The first kappa shape index (κ1) is 17.2. The predicted molar refractivity (Wildman–Crippen MR) is 94.5 cm³/mol. The van der Waals surface area contributed by atoms with Crippen LogP contribution >= 0.6 is 11.6 Å². The van der Waals surface area contributed by atoms with Crippen LogP contribution in [0, 0.1) is 13.8 Å². The summed E-state index contributed by atoms with van der Waals surface area (Å²) in [5, 5.41) is 6.18. The van der Waals surface area contributed by atoms with Gasteiger partial charge in [-0.15, -0.1) is 0 Å². The topological polar surface area (TPSA) is 50.4 Å². The minimum absolute atomic E-state index is 0.237. The maximum absolute atomic E-state index is 11.7. The first-order valence-electron chi connectivity index (χ1n) is 7.55. The molecule has 0 saturated heterocycles. The van der Waals surface area contributed by atoms with E-state index in [9.17, 15) is 4.79 Å². The molecule has 0 aliphatic heterocycles. The van der Waals surface area contributed by atoms with Crippen molar-refractivity contribution in [3.8, 4) is 5.75 Å².